The Morgan fingerprint density at radius 1 is 1.29 bits per heavy atom. The summed E-state index contributed by atoms with van der Waals surface area (Å²) in [6.07, 6.45) is 2.82. The second kappa shape index (κ2) is 7.20. The van der Waals surface area contributed by atoms with Gasteiger partial charge in [0.25, 0.3) is 0 Å². The summed E-state index contributed by atoms with van der Waals surface area (Å²) in [6.45, 7) is 5.49. The van der Waals surface area contributed by atoms with Crippen LogP contribution in [0.2, 0.25) is 0 Å². The Hall–Kier alpha value is -1.18. The number of carboxylic acid groups (broad SMARTS) is 1. The predicted molar refractivity (Wildman–Crippen MR) is 74.8 cm³/mol. The van der Waals surface area contributed by atoms with E-state index in [1.807, 2.05) is 0 Å². The maximum atomic E-state index is 11.6. The summed E-state index contributed by atoms with van der Waals surface area (Å²) in [4.78, 5) is 24.5. The average Bonchev–Trinajstić information content (AvgIpc) is 2.89. The highest BCUT2D eigenvalue weighted by Crippen LogP contribution is 2.31. The molecule has 0 bridgehead atoms. The van der Waals surface area contributed by atoms with Crippen LogP contribution in [0, 0.1) is 0 Å². The number of nitrogens with zero attached hydrogens (tertiary/aromatic N) is 1. The zero-order valence-corrected chi connectivity index (χ0v) is 12.5. The number of amides is 1. The van der Waals surface area contributed by atoms with Crippen LogP contribution in [0.15, 0.2) is 0 Å². The first-order valence-corrected chi connectivity index (χ1v) is 7.53. The van der Waals surface area contributed by atoms with E-state index in [4.69, 9.17) is 14.6 Å². The largest absolute Gasteiger partial charge is 0.480 e. The minimum Gasteiger partial charge on any atom is -0.480 e. The van der Waals surface area contributed by atoms with Crippen molar-refractivity contribution >= 4 is 11.9 Å². The standard InChI is InChI=1S/C14H24N2O5/c1-11(13(18)19)15-12(17)3-2-6-16-7-4-14(5-8-16)20-9-10-21-14/h11H,2-10H2,1H3,(H,15,17)(H,18,19). The zero-order valence-electron chi connectivity index (χ0n) is 12.5. The Morgan fingerprint density at radius 3 is 2.48 bits per heavy atom. The number of carboxylic acids is 1. The summed E-state index contributed by atoms with van der Waals surface area (Å²) >= 11 is 0. The molecule has 2 aliphatic heterocycles. The number of rotatable bonds is 6. The Bertz CT molecular complexity index is 372. The van der Waals surface area contributed by atoms with Crippen molar-refractivity contribution in [1.82, 2.24) is 10.2 Å². The van der Waals surface area contributed by atoms with Crippen LogP contribution in [-0.4, -0.2) is 66.6 Å². The molecule has 2 fully saturated rings. The molecule has 1 amide bonds. The van der Waals surface area contributed by atoms with Crippen molar-refractivity contribution in [3.63, 3.8) is 0 Å². The summed E-state index contributed by atoms with van der Waals surface area (Å²) < 4.78 is 11.3. The highest BCUT2D eigenvalue weighted by Gasteiger charge is 2.39. The quantitative estimate of drug-likeness (QED) is 0.728. The number of carbonyl (C=O) groups is 2. The summed E-state index contributed by atoms with van der Waals surface area (Å²) in [5, 5.41) is 11.2. The Kier molecular flexibility index (Phi) is 5.55. The van der Waals surface area contributed by atoms with Crippen LogP contribution in [0.1, 0.15) is 32.6 Å². The number of ether oxygens (including phenoxy) is 2. The molecule has 0 aliphatic carbocycles. The molecule has 0 saturated carbocycles. The first-order chi connectivity index (χ1) is 10.0. The van der Waals surface area contributed by atoms with Crippen LogP contribution in [-0.2, 0) is 19.1 Å². The minimum absolute atomic E-state index is 0.208. The molecule has 2 aliphatic rings. The molecule has 7 heteroatoms. The van der Waals surface area contributed by atoms with Gasteiger partial charge in [0.05, 0.1) is 13.2 Å². The fourth-order valence-electron chi connectivity index (χ4n) is 2.74. The van der Waals surface area contributed by atoms with Crippen LogP contribution in [0.4, 0.5) is 0 Å². The highest BCUT2D eigenvalue weighted by molar-refractivity contribution is 5.83. The molecule has 1 spiro atoms. The maximum absolute atomic E-state index is 11.6. The topological polar surface area (TPSA) is 88.1 Å². The van der Waals surface area contributed by atoms with E-state index in [0.29, 0.717) is 19.6 Å². The molecule has 0 aromatic carbocycles. The van der Waals surface area contributed by atoms with Gasteiger partial charge in [0.2, 0.25) is 5.91 Å². The summed E-state index contributed by atoms with van der Waals surface area (Å²) in [6, 6.07) is -0.830. The van der Waals surface area contributed by atoms with E-state index in [-0.39, 0.29) is 11.7 Å². The van der Waals surface area contributed by atoms with Crippen LogP contribution in [0.3, 0.4) is 0 Å². The van der Waals surface area contributed by atoms with Crippen LogP contribution < -0.4 is 5.32 Å². The monoisotopic (exact) mass is 300 g/mol. The van der Waals surface area contributed by atoms with Crippen molar-refractivity contribution in [2.75, 3.05) is 32.8 Å². The van der Waals surface area contributed by atoms with Crippen LogP contribution in [0.25, 0.3) is 0 Å². The molecule has 120 valence electrons. The smallest absolute Gasteiger partial charge is 0.325 e. The third-order valence-electron chi connectivity index (χ3n) is 4.06. The van der Waals surface area contributed by atoms with E-state index < -0.39 is 12.0 Å². The normalized spacial score (nSPS) is 23.1. The number of carbonyl (C=O) groups excluding carboxylic acids is 1. The Labute approximate surface area is 124 Å². The van der Waals surface area contributed by atoms with Gasteiger partial charge in [-0.3, -0.25) is 9.59 Å². The van der Waals surface area contributed by atoms with Crippen molar-refractivity contribution in [2.24, 2.45) is 0 Å². The van der Waals surface area contributed by atoms with E-state index >= 15 is 0 Å². The summed E-state index contributed by atoms with van der Waals surface area (Å²) in [7, 11) is 0. The lowest BCUT2D eigenvalue weighted by Gasteiger charge is -2.37. The van der Waals surface area contributed by atoms with Crippen molar-refractivity contribution in [1.29, 1.82) is 0 Å². The molecular formula is C14H24N2O5. The molecular weight excluding hydrogens is 276 g/mol. The van der Waals surface area contributed by atoms with E-state index in [0.717, 1.165) is 38.9 Å². The van der Waals surface area contributed by atoms with E-state index in [2.05, 4.69) is 10.2 Å². The Balaban J connectivity index is 1.59. The van der Waals surface area contributed by atoms with Crippen molar-refractivity contribution < 1.29 is 24.2 Å². The summed E-state index contributed by atoms with van der Waals surface area (Å²) in [5.41, 5.74) is 0. The third kappa shape index (κ3) is 4.66. The molecule has 2 heterocycles. The van der Waals surface area contributed by atoms with Gasteiger partial charge in [0.15, 0.2) is 5.79 Å². The lowest BCUT2D eigenvalue weighted by Crippen LogP contribution is -2.45. The lowest BCUT2D eigenvalue weighted by molar-refractivity contribution is -0.185. The lowest BCUT2D eigenvalue weighted by atomic mass is 10.0. The molecule has 21 heavy (non-hydrogen) atoms. The number of likely N-dealkylation sites (tertiary alicyclic amines) is 1. The molecule has 0 aromatic heterocycles. The van der Waals surface area contributed by atoms with Gasteiger partial charge in [-0.2, -0.15) is 0 Å². The second-order valence-corrected chi connectivity index (χ2v) is 5.68. The van der Waals surface area contributed by atoms with Gasteiger partial charge >= 0.3 is 5.97 Å². The van der Waals surface area contributed by atoms with Crippen LogP contribution in [0.5, 0.6) is 0 Å². The number of hydrogen-bond donors (Lipinski definition) is 2. The maximum Gasteiger partial charge on any atom is 0.325 e. The first kappa shape index (κ1) is 16.2. The predicted octanol–water partition coefficient (Wildman–Crippen LogP) is 0.195. The van der Waals surface area contributed by atoms with Gasteiger partial charge in [-0.25, -0.2) is 0 Å². The summed E-state index contributed by atoms with van der Waals surface area (Å²) in [5.74, 6) is -1.58. The van der Waals surface area contributed by atoms with Gasteiger partial charge in [0, 0.05) is 32.4 Å². The number of hydrogen-bond acceptors (Lipinski definition) is 5. The van der Waals surface area contributed by atoms with Crippen molar-refractivity contribution in [3.8, 4) is 0 Å². The second-order valence-electron chi connectivity index (χ2n) is 5.68. The fourth-order valence-corrected chi connectivity index (χ4v) is 2.74. The molecule has 2 rings (SSSR count). The van der Waals surface area contributed by atoms with E-state index in [1.165, 1.54) is 6.92 Å². The minimum atomic E-state index is -1.01. The van der Waals surface area contributed by atoms with Gasteiger partial charge in [-0.05, 0) is 19.9 Å². The number of nitrogens with one attached hydrogen (secondary N) is 1. The fraction of sp³-hybridized carbons (Fsp3) is 0.857. The molecule has 2 N–H and O–H groups in total. The van der Waals surface area contributed by atoms with Crippen LogP contribution >= 0.6 is 0 Å². The molecule has 1 unspecified atom stereocenters. The molecule has 7 nitrogen and oxygen atoms in total. The van der Waals surface area contributed by atoms with E-state index in [9.17, 15) is 9.59 Å². The Morgan fingerprint density at radius 2 is 1.90 bits per heavy atom. The third-order valence-corrected chi connectivity index (χ3v) is 4.06. The molecule has 2 saturated heterocycles. The first-order valence-electron chi connectivity index (χ1n) is 7.53. The molecule has 0 radical (unpaired) electrons. The zero-order chi connectivity index (χ0) is 15.3. The van der Waals surface area contributed by atoms with Gasteiger partial charge in [0.1, 0.15) is 6.04 Å². The van der Waals surface area contributed by atoms with Gasteiger partial charge in [-0.1, -0.05) is 0 Å². The highest BCUT2D eigenvalue weighted by atomic mass is 16.7. The number of piperidine rings is 1. The van der Waals surface area contributed by atoms with Crippen molar-refractivity contribution in [3.05, 3.63) is 0 Å². The molecule has 0 aromatic rings. The molecule has 1 atom stereocenters. The average molecular weight is 300 g/mol. The van der Waals surface area contributed by atoms with Gasteiger partial charge in [-0.15, -0.1) is 0 Å². The van der Waals surface area contributed by atoms with E-state index in [1.54, 1.807) is 0 Å². The van der Waals surface area contributed by atoms with Crippen molar-refractivity contribution in [2.45, 2.75) is 44.4 Å². The SMILES string of the molecule is CC(NC(=O)CCCN1CCC2(CC1)OCCO2)C(=O)O. The van der Waals surface area contributed by atoms with Gasteiger partial charge < -0.3 is 24.8 Å². The number of aliphatic carboxylic acids is 1.